The number of aromatic nitrogens is 1. The van der Waals surface area contributed by atoms with Crippen LogP contribution in [0.25, 0.3) is 0 Å². The molecule has 1 fully saturated rings. The van der Waals surface area contributed by atoms with Crippen molar-refractivity contribution < 1.29 is 0 Å². The molecule has 1 aliphatic rings. The zero-order valence-electron chi connectivity index (χ0n) is 14.3. The summed E-state index contributed by atoms with van der Waals surface area (Å²) in [5.74, 6) is 0.745. The van der Waals surface area contributed by atoms with Crippen LogP contribution in [0.2, 0.25) is 0 Å². The van der Waals surface area contributed by atoms with Gasteiger partial charge < -0.3 is 9.80 Å². The fourth-order valence-electron chi connectivity index (χ4n) is 3.39. The first-order valence-electron chi connectivity index (χ1n) is 8.67. The first kappa shape index (κ1) is 16.0. The summed E-state index contributed by atoms with van der Waals surface area (Å²) >= 11 is 0. The molecule has 3 rings (SSSR count). The Hall–Kier alpha value is -1.87. The Balaban J connectivity index is 1.49. The van der Waals surface area contributed by atoms with Crippen LogP contribution in [0, 0.1) is 5.92 Å². The molecule has 1 atom stereocenters. The van der Waals surface area contributed by atoms with Gasteiger partial charge in [-0.2, -0.15) is 0 Å². The van der Waals surface area contributed by atoms with E-state index in [4.69, 9.17) is 0 Å². The standard InChI is InChI=1S/C20H27N3/c1-3-17-9-10-19(21-13-17)16-22(2)14-18-11-12-23(15-18)20-7-5-4-6-8-20/h4-10,13,18H,3,11-12,14-16H2,1-2H3. The molecule has 0 N–H and O–H groups in total. The molecule has 0 amide bonds. The maximum Gasteiger partial charge on any atom is 0.0544 e. The fourth-order valence-corrected chi connectivity index (χ4v) is 3.39. The van der Waals surface area contributed by atoms with Gasteiger partial charge in [0.25, 0.3) is 0 Å². The summed E-state index contributed by atoms with van der Waals surface area (Å²) in [5.41, 5.74) is 3.84. The van der Waals surface area contributed by atoms with Crippen LogP contribution in [0.4, 0.5) is 5.69 Å². The molecule has 0 bridgehead atoms. The number of anilines is 1. The maximum absolute atomic E-state index is 4.57. The highest BCUT2D eigenvalue weighted by molar-refractivity contribution is 5.46. The SMILES string of the molecule is CCc1ccc(CN(C)CC2CCN(c3ccccc3)C2)nc1. The van der Waals surface area contributed by atoms with Crippen molar-refractivity contribution in [3.63, 3.8) is 0 Å². The van der Waals surface area contributed by atoms with Crippen LogP contribution >= 0.6 is 0 Å². The van der Waals surface area contributed by atoms with Gasteiger partial charge in [-0.05, 0) is 49.6 Å². The number of pyridine rings is 1. The molecule has 23 heavy (non-hydrogen) atoms. The van der Waals surface area contributed by atoms with E-state index in [2.05, 4.69) is 71.2 Å². The molecule has 1 unspecified atom stereocenters. The van der Waals surface area contributed by atoms with Crippen LogP contribution < -0.4 is 4.90 Å². The highest BCUT2D eigenvalue weighted by Gasteiger charge is 2.23. The van der Waals surface area contributed by atoms with E-state index in [0.29, 0.717) is 0 Å². The average molecular weight is 309 g/mol. The topological polar surface area (TPSA) is 19.4 Å². The quantitative estimate of drug-likeness (QED) is 0.813. The van der Waals surface area contributed by atoms with Crippen molar-refractivity contribution in [2.24, 2.45) is 5.92 Å². The zero-order chi connectivity index (χ0) is 16.1. The van der Waals surface area contributed by atoms with Gasteiger partial charge in [0, 0.05) is 38.1 Å². The van der Waals surface area contributed by atoms with Crippen LogP contribution in [-0.4, -0.2) is 36.6 Å². The third-order valence-corrected chi connectivity index (χ3v) is 4.70. The zero-order valence-corrected chi connectivity index (χ0v) is 14.3. The average Bonchev–Trinajstić information content (AvgIpc) is 3.04. The van der Waals surface area contributed by atoms with E-state index >= 15 is 0 Å². The molecule has 1 aliphatic heterocycles. The lowest BCUT2D eigenvalue weighted by molar-refractivity contribution is 0.276. The number of para-hydroxylation sites is 1. The van der Waals surface area contributed by atoms with Crippen molar-refractivity contribution >= 4 is 5.69 Å². The van der Waals surface area contributed by atoms with Crippen LogP contribution in [0.5, 0.6) is 0 Å². The molecule has 3 heteroatoms. The van der Waals surface area contributed by atoms with Gasteiger partial charge >= 0.3 is 0 Å². The van der Waals surface area contributed by atoms with E-state index in [1.165, 1.54) is 29.9 Å². The summed E-state index contributed by atoms with van der Waals surface area (Å²) in [6.45, 7) is 6.58. The Morgan fingerprint density at radius 1 is 1.17 bits per heavy atom. The Kier molecular flexibility index (Phi) is 5.29. The van der Waals surface area contributed by atoms with Crippen LogP contribution in [0.3, 0.4) is 0 Å². The lowest BCUT2D eigenvalue weighted by atomic mass is 10.1. The Bertz CT molecular complexity index is 594. The second-order valence-electron chi connectivity index (χ2n) is 6.64. The van der Waals surface area contributed by atoms with Gasteiger partial charge in [-0.15, -0.1) is 0 Å². The van der Waals surface area contributed by atoms with E-state index in [0.717, 1.165) is 32.0 Å². The highest BCUT2D eigenvalue weighted by Crippen LogP contribution is 2.24. The molecule has 1 aromatic carbocycles. The lowest BCUT2D eigenvalue weighted by Crippen LogP contribution is -2.28. The number of benzene rings is 1. The minimum Gasteiger partial charge on any atom is -0.371 e. The summed E-state index contributed by atoms with van der Waals surface area (Å²) < 4.78 is 0. The minimum absolute atomic E-state index is 0.745. The van der Waals surface area contributed by atoms with E-state index in [1.807, 2.05) is 6.20 Å². The monoisotopic (exact) mass is 309 g/mol. The van der Waals surface area contributed by atoms with Crippen molar-refractivity contribution in [2.75, 3.05) is 31.6 Å². The number of nitrogens with zero attached hydrogens (tertiary/aromatic N) is 3. The van der Waals surface area contributed by atoms with Crippen LogP contribution in [0.1, 0.15) is 24.6 Å². The van der Waals surface area contributed by atoms with Gasteiger partial charge in [-0.3, -0.25) is 4.98 Å². The molecule has 0 saturated carbocycles. The Morgan fingerprint density at radius 2 is 2.00 bits per heavy atom. The van der Waals surface area contributed by atoms with Gasteiger partial charge in [0.2, 0.25) is 0 Å². The Labute approximate surface area is 140 Å². The van der Waals surface area contributed by atoms with E-state index < -0.39 is 0 Å². The second-order valence-corrected chi connectivity index (χ2v) is 6.64. The smallest absolute Gasteiger partial charge is 0.0544 e. The second kappa shape index (κ2) is 7.60. The van der Waals surface area contributed by atoms with Crippen molar-refractivity contribution in [3.8, 4) is 0 Å². The predicted octanol–water partition coefficient (Wildman–Crippen LogP) is 3.60. The third kappa shape index (κ3) is 4.32. The third-order valence-electron chi connectivity index (χ3n) is 4.70. The van der Waals surface area contributed by atoms with E-state index in [1.54, 1.807) is 0 Å². The van der Waals surface area contributed by atoms with Crippen molar-refractivity contribution in [2.45, 2.75) is 26.3 Å². The molecule has 1 saturated heterocycles. The molecule has 2 heterocycles. The maximum atomic E-state index is 4.57. The van der Waals surface area contributed by atoms with Crippen molar-refractivity contribution in [1.82, 2.24) is 9.88 Å². The largest absolute Gasteiger partial charge is 0.371 e. The Morgan fingerprint density at radius 3 is 2.70 bits per heavy atom. The molecule has 1 aromatic heterocycles. The molecular formula is C20H27N3. The van der Waals surface area contributed by atoms with Gasteiger partial charge in [-0.1, -0.05) is 31.2 Å². The number of hydrogen-bond acceptors (Lipinski definition) is 3. The predicted molar refractivity (Wildman–Crippen MR) is 96.7 cm³/mol. The number of rotatable bonds is 6. The first-order chi connectivity index (χ1) is 11.2. The summed E-state index contributed by atoms with van der Waals surface area (Å²) in [5, 5.41) is 0. The molecule has 0 aliphatic carbocycles. The molecular weight excluding hydrogens is 282 g/mol. The molecule has 0 spiro atoms. The molecule has 0 radical (unpaired) electrons. The van der Waals surface area contributed by atoms with E-state index in [-0.39, 0.29) is 0 Å². The van der Waals surface area contributed by atoms with Crippen molar-refractivity contribution in [3.05, 3.63) is 59.9 Å². The fraction of sp³-hybridized carbons (Fsp3) is 0.450. The molecule has 122 valence electrons. The summed E-state index contributed by atoms with van der Waals surface area (Å²) in [7, 11) is 2.21. The van der Waals surface area contributed by atoms with Gasteiger partial charge in [0.1, 0.15) is 0 Å². The number of hydrogen-bond donors (Lipinski definition) is 0. The summed E-state index contributed by atoms with van der Waals surface area (Å²) in [4.78, 5) is 9.49. The van der Waals surface area contributed by atoms with Gasteiger partial charge in [0.15, 0.2) is 0 Å². The van der Waals surface area contributed by atoms with Gasteiger partial charge in [0.05, 0.1) is 5.69 Å². The van der Waals surface area contributed by atoms with Crippen LogP contribution in [-0.2, 0) is 13.0 Å². The summed E-state index contributed by atoms with van der Waals surface area (Å²) in [6, 6.07) is 15.1. The molecule has 2 aromatic rings. The normalized spacial score (nSPS) is 17.9. The van der Waals surface area contributed by atoms with Crippen LogP contribution in [0.15, 0.2) is 48.7 Å². The number of aryl methyl sites for hydroxylation is 1. The summed E-state index contributed by atoms with van der Waals surface area (Å²) in [6.07, 6.45) is 4.35. The first-order valence-corrected chi connectivity index (χ1v) is 8.67. The van der Waals surface area contributed by atoms with Gasteiger partial charge in [-0.25, -0.2) is 0 Å². The lowest BCUT2D eigenvalue weighted by Gasteiger charge is -2.22. The van der Waals surface area contributed by atoms with E-state index in [9.17, 15) is 0 Å². The van der Waals surface area contributed by atoms with Crippen molar-refractivity contribution in [1.29, 1.82) is 0 Å². The highest BCUT2D eigenvalue weighted by atomic mass is 15.2. The minimum atomic E-state index is 0.745. The molecule has 3 nitrogen and oxygen atoms in total.